The second-order valence-corrected chi connectivity index (χ2v) is 3.40. The highest BCUT2D eigenvalue weighted by Gasteiger charge is 2.15. The van der Waals surface area contributed by atoms with Crippen molar-refractivity contribution in [2.45, 2.75) is 31.6 Å². The standard InChI is InChI=1S/C9H13ClN2/c1-3-8(10)7(2)9-6-11-4-5-12-9/h4-8H,3H2,1-2H3. The summed E-state index contributed by atoms with van der Waals surface area (Å²) < 4.78 is 0. The summed E-state index contributed by atoms with van der Waals surface area (Å²) in [6, 6.07) is 0. The van der Waals surface area contributed by atoms with Gasteiger partial charge in [-0.2, -0.15) is 0 Å². The average molecular weight is 185 g/mol. The van der Waals surface area contributed by atoms with Crippen LogP contribution in [0.4, 0.5) is 0 Å². The van der Waals surface area contributed by atoms with E-state index in [2.05, 4.69) is 23.8 Å². The summed E-state index contributed by atoms with van der Waals surface area (Å²) in [5.74, 6) is 0.283. The topological polar surface area (TPSA) is 25.8 Å². The molecule has 0 aromatic carbocycles. The molecule has 0 amide bonds. The van der Waals surface area contributed by atoms with Crippen molar-refractivity contribution in [2.75, 3.05) is 0 Å². The number of hydrogen-bond donors (Lipinski definition) is 0. The van der Waals surface area contributed by atoms with Gasteiger partial charge in [-0.15, -0.1) is 11.6 Å². The van der Waals surface area contributed by atoms with E-state index < -0.39 is 0 Å². The number of halogens is 1. The van der Waals surface area contributed by atoms with Crippen molar-refractivity contribution in [1.82, 2.24) is 9.97 Å². The van der Waals surface area contributed by atoms with Crippen LogP contribution < -0.4 is 0 Å². The van der Waals surface area contributed by atoms with Crippen LogP contribution in [0, 0.1) is 0 Å². The first-order valence-corrected chi connectivity index (χ1v) is 4.59. The molecule has 12 heavy (non-hydrogen) atoms. The molecule has 1 aromatic rings. The van der Waals surface area contributed by atoms with E-state index in [1.54, 1.807) is 18.6 Å². The van der Waals surface area contributed by atoms with Gasteiger partial charge in [0.05, 0.1) is 5.69 Å². The van der Waals surface area contributed by atoms with Gasteiger partial charge in [0.1, 0.15) is 0 Å². The lowest BCUT2D eigenvalue weighted by atomic mass is 10.0. The second-order valence-electron chi connectivity index (χ2n) is 2.84. The van der Waals surface area contributed by atoms with Crippen molar-refractivity contribution in [3.63, 3.8) is 0 Å². The number of alkyl halides is 1. The van der Waals surface area contributed by atoms with Gasteiger partial charge in [0, 0.05) is 29.9 Å². The molecule has 0 aliphatic heterocycles. The second kappa shape index (κ2) is 4.41. The average Bonchev–Trinajstić information content (AvgIpc) is 2.17. The van der Waals surface area contributed by atoms with Crippen LogP contribution in [0.2, 0.25) is 0 Å². The van der Waals surface area contributed by atoms with E-state index in [4.69, 9.17) is 11.6 Å². The molecule has 3 heteroatoms. The van der Waals surface area contributed by atoms with Gasteiger partial charge in [-0.3, -0.25) is 9.97 Å². The highest BCUT2D eigenvalue weighted by Crippen LogP contribution is 2.22. The fourth-order valence-electron chi connectivity index (χ4n) is 1.08. The molecular weight excluding hydrogens is 172 g/mol. The Hall–Kier alpha value is -0.630. The van der Waals surface area contributed by atoms with Gasteiger partial charge in [0.15, 0.2) is 0 Å². The lowest BCUT2D eigenvalue weighted by Gasteiger charge is -2.14. The molecule has 2 atom stereocenters. The third-order valence-electron chi connectivity index (χ3n) is 1.98. The van der Waals surface area contributed by atoms with E-state index in [0.717, 1.165) is 12.1 Å². The smallest absolute Gasteiger partial charge is 0.0629 e. The summed E-state index contributed by atoms with van der Waals surface area (Å²) in [7, 11) is 0. The summed E-state index contributed by atoms with van der Waals surface area (Å²) in [6.07, 6.45) is 6.10. The Labute approximate surface area is 78.0 Å². The minimum Gasteiger partial charge on any atom is -0.261 e. The van der Waals surface area contributed by atoms with E-state index in [0.29, 0.717) is 0 Å². The highest BCUT2D eigenvalue weighted by atomic mass is 35.5. The Bertz CT molecular complexity index is 225. The minimum absolute atomic E-state index is 0.154. The van der Waals surface area contributed by atoms with Crippen molar-refractivity contribution < 1.29 is 0 Å². The molecule has 0 aliphatic carbocycles. The molecule has 0 N–H and O–H groups in total. The van der Waals surface area contributed by atoms with Crippen LogP contribution >= 0.6 is 11.6 Å². The minimum atomic E-state index is 0.154. The Kier molecular flexibility index (Phi) is 3.48. The van der Waals surface area contributed by atoms with Gasteiger partial charge in [-0.05, 0) is 6.42 Å². The van der Waals surface area contributed by atoms with Gasteiger partial charge in [0.2, 0.25) is 0 Å². The summed E-state index contributed by atoms with van der Waals surface area (Å²) in [6.45, 7) is 4.15. The molecule has 2 nitrogen and oxygen atoms in total. The Morgan fingerprint density at radius 1 is 1.50 bits per heavy atom. The van der Waals surface area contributed by atoms with Gasteiger partial charge < -0.3 is 0 Å². The fraction of sp³-hybridized carbons (Fsp3) is 0.556. The molecule has 0 spiro atoms. The van der Waals surface area contributed by atoms with Crippen LogP contribution in [0.15, 0.2) is 18.6 Å². The van der Waals surface area contributed by atoms with Crippen molar-refractivity contribution in [3.8, 4) is 0 Å². The third kappa shape index (κ3) is 2.18. The molecular formula is C9H13ClN2. The first kappa shape index (κ1) is 9.46. The normalized spacial score (nSPS) is 15.6. The van der Waals surface area contributed by atoms with E-state index >= 15 is 0 Å². The third-order valence-corrected chi connectivity index (χ3v) is 2.67. The molecule has 0 aliphatic rings. The van der Waals surface area contributed by atoms with Gasteiger partial charge >= 0.3 is 0 Å². The molecule has 0 radical (unpaired) electrons. The molecule has 1 heterocycles. The zero-order chi connectivity index (χ0) is 8.97. The lowest BCUT2D eigenvalue weighted by molar-refractivity contribution is 0.653. The first-order chi connectivity index (χ1) is 5.75. The number of rotatable bonds is 3. The van der Waals surface area contributed by atoms with E-state index in [1.165, 1.54) is 0 Å². The summed E-state index contributed by atoms with van der Waals surface area (Å²) in [4.78, 5) is 8.20. The molecule has 0 saturated heterocycles. The largest absolute Gasteiger partial charge is 0.261 e. The first-order valence-electron chi connectivity index (χ1n) is 4.15. The Balaban J connectivity index is 2.71. The van der Waals surface area contributed by atoms with Crippen molar-refractivity contribution in [3.05, 3.63) is 24.3 Å². The van der Waals surface area contributed by atoms with Crippen LogP contribution in [0.25, 0.3) is 0 Å². The maximum atomic E-state index is 6.08. The van der Waals surface area contributed by atoms with Crippen LogP contribution in [-0.2, 0) is 0 Å². The monoisotopic (exact) mass is 184 g/mol. The summed E-state index contributed by atoms with van der Waals surface area (Å²) in [5.41, 5.74) is 0.972. The van der Waals surface area contributed by atoms with Crippen LogP contribution in [0.1, 0.15) is 31.9 Å². The maximum Gasteiger partial charge on any atom is 0.0629 e. The molecule has 1 aromatic heterocycles. The number of hydrogen-bond acceptors (Lipinski definition) is 2. The van der Waals surface area contributed by atoms with Crippen molar-refractivity contribution in [1.29, 1.82) is 0 Å². The molecule has 0 saturated carbocycles. The molecule has 0 bridgehead atoms. The molecule has 0 fully saturated rings. The van der Waals surface area contributed by atoms with E-state index in [1.807, 2.05) is 0 Å². The van der Waals surface area contributed by atoms with Crippen molar-refractivity contribution >= 4 is 11.6 Å². The van der Waals surface area contributed by atoms with Gasteiger partial charge in [0.25, 0.3) is 0 Å². The fourth-order valence-corrected chi connectivity index (χ4v) is 1.21. The van der Waals surface area contributed by atoms with Crippen LogP contribution in [0.5, 0.6) is 0 Å². The molecule has 2 unspecified atom stereocenters. The SMILES string of the molecule is CCC(Cl)C(C)c1cnccn1. The molecule has 1 rings (SSSR count). The summed E-state index contributed by atoms with van der Waals surface area (Å²) in [5, 5.41) is 0.154. The zero-order valence-corrected chi connectivity index (χ0v) is 8.12. The van der Waals surface area contributed by atoms with Gasteiger partial charge in [-0.1, -0.05) is 13.8 Å². The van der Waals surface area contributed by atoms with Gasteiger partial charge in [-0.25, -0.2) is 0 Å². The Morgan fingerprint density at radius 3 is 2.75 bits per heavy atom. The highest BCUT2D eigenvalue weighted by molar-refractivity contribution is 6.21. The molecule has 66 valence electrons. The number of aromatic nitrogens is 2. The quantitative estimate of drug-likeness (QED) is 0.675. The van der Waals surface area contributed by atoms with Crippen molar-refractivity contribution in [2.24, 2.45) is 0 Å². The predicted molar refractivity (Wildman–Crippen MR) is 50.4 cm³/mol. The van der Waals surface area contributed by atoms with E-state index in [9.17, 15) is 0 Å². The maximum absolute atomic E-state index is 6.08. The van der Waals surface area contributed by atoms with Crippen LogP contribution in [0.3, 0.4) is 0 Å². The lowest BCUT2D eigenvalue weighted by Crippen LogP contribution is -2.09. The predicted octanol–water partition coefficient (Wildman–Crippen LogP) is 2.60. The Morgan fingerprint density at radius 2 is 2.25 bits per heavy atom. The number of nitrogens with zero attached hydrogens (tertiary/aromatic N) is 2. The zero-order valence-electron chi connectivity index (χ0n) is 7.37. The van der Waals surface area contributed by atoms with E-state index in [-0.39, 0.29) is 11.3 Å². The summed E-state index contributed by atoms with van der Waals surface area (Å²) >= 11 is 6.08. The van der Waals surface area contributed by atoms with Crippen LogP contribution in [-0.4, -0.2) is 15.3 Å².